The van der Waals surface area contributed by atoms with E-state index < -0.39 is 0 Å². The zero-order valence-electron chi connectivity index (χ0n) is 10.4. The van der Waals surface area contributed by atoms with Crippen molar-refractivity contribution in [3.63, 3.8) is 0 Å². The summed E-state index contributed by atoms with van der Waals surface area (Å²) in [6.07, 6.45) is 0. The van der Waals surface area contributed by atoms with Gasteiger partial charge in [-0.1, -0.05) is 6.07 Å². The van der Waals surface area contributed by atoms with Crippen LogP contribution in [0.1, 0.15) is 17.0 Å². The van der Waals surface area contributed by atoms with E-state index >= 15 is 0 Å². The van der Waals surface area contributed by atoms with Crippen molar-refractivity contribution in [2.45, 2.75) is 20.1 Å². The first-order valence-electron chi connectivity index (χ1n) is 5.74. The van der Waals surface area contributed by atoms with E-state index in [1.165, 1.54) is 6.07 Å². The summed E-state index contributed by atoms with van der Waals surface area (Å²) in [7, 11) is 0. The van der Waals surface area contributed by atoms with E-state index in [-0.39, 0.29) is 19.0 Å². The molecule has 0 fully saturated rings. The lowest BCUT2D eigenvalue weighted by Crippen LogP contribution is -2.01. The fraction of sp³-hybridized carbons (Fsp3) is 0.214. The Hall–Kier alpha value is -1.46. The van der Waals surface area contributed by atoms with Crippen molar-refractivity contribution in [1.82, 2.24) is 4.98 Å². The number of pyridine rings is 1. The van der Waals surface area contributed by atoms with Crippen LogP contribution in [0.2, 0.25) is 0 Å². The molecule has 3 nitrogen and oxygen atoms in total. The smallest absolute Gasteiger partial charge is 0.143 e. The monoisotopic (exact) mass is 325 g/mol. The Labute approximate surface area is 119 Å². The van der Waals surface area contributed by atoms with E-state index in [1.807, 2.05) is 13.0 Å². The molecule has 0 saturated carbocycles. The summed E-state index contributed by atoms with van der Waals surface area (Å²) in [5.41, 5.74) is 2.15. The second-order valence-electron chi connectivity index (χ2n) is 4.09. The van der Waals surface area contributed by atoms with Gasteiger partial charge in [-0.05, 0) is 52.7 Å². The summed E-state index contributed by atoms with van der Waals surface area (Å²) in [6, 6.07) is 8.28. The number of hydrogen-bond donors (Lipinski definition) is 1. The van der Waals surface area contributed by atoms with Gasteiger partial charge in [0, 0.05) is 5.69 Å². The van der Waals surface area contributed by atoms with Crippen LogP contribution < -0.4 is 4.74 Å². The van der Waals surface area contributed by atoms with Gasteiger partial charge in [-0.25, -0.2) is 4.39 Å². The number of nitrogens with zero attached hydrogens (tertiary/aromatic N) is 1. The fourth-order valence-corrected chi connectivity index (χ4v) is 2.06. The molecular weight excluding hydrogens is 313 g/mol. The second kappa shape index (κ2) is 6.12. The van der Waals surface area contributed by atoms with Crippen LogP contribution in [0.4, 0.5) is 4.39 Å². The van der Waals surface area contributed by atoms with Crippen LogP contribution >= 0.6 is 15.9 Å². The van der Waals surface area contributed by atoms with Crippen LogP contribution in [-0.4, -0.2) is 10.1 Å². The number of ether oxygens (including phenoxy) is 1. The minimum absolute atomic E-state index is 0.176. The molecule has 100 valence electrons. The zero-order chi connectivity index (χ0) is 13.8. The summed E-state index contributed by atoms with van der Waals surface area (Å²) in [6.45, 7) is 1.96. The topological polar surface area (TPSA) is 42.4 Å². The molecule has 0 saturated heterocycles. The highest BCUT2D eigenvalue weighted by molar-refractivity contribution is 9.10. The van der Waals surface area contributed by atoms with Crippen molar-refractivity contribution < 1.29 is 14.2 Å². The lowest BCUT2D eigenvalue weighted by Gasteiger charge is -2.10. The molecule has 0 aliphatic rings. The molecule has 0 bridgehead atoms. The molecule has 19 heavy (non-hydrogen) atoms. The Morgan fingerprint density at radius 1 is 1.32 bits per heavy atom. The van der Waals surface area contributed by atoms with Crippen molar-refractivity contribution in [2.75, 3.05) is 0 Å². The van der Waals surface area contributed by atoms with Crippen LogP contribution in [0, 0.1) is 12.7 Å². The lowest BCUT2D eigenvalue weighted by molar-refractivity contribution is 0.253. The Morgan fingerprint density at radius 2 is 2.11 bits per heavy atom. The summed E-state index contributed by atoms with van der Waals surface area (Å²) in [4.78, 5) is 4.19. The maximum atomic E-state index is 13.1. The van der Waals surface area contributed by atoms with Crippen molar-refractivity contribution in [1.29, 1.82) is 0 Å². The number of aliphatic hydroxyl groups is 1. The summed E-state index contributed by atoms with van der Waals surface area (Å²) >= 11 is 3.13. The van der Waals surface area contributed by atoms with Gasteiger partial charge in [0.05, 0.1) is 11.1 Å². The molecule has 1 heterocycles. The van der Waals surface area contributed by atoms with Gasteiger partial charge < -0.3 is 9.84 Å². The van der Waals surface area contributed by atoms with Crippen molar-refractivity contribution in [3.05, 3.63) is 57.6 Å². The molecule has 0 aliphatic carbocycles. The number of halogens is 2. The van der Waals surface area contributed by atoms with Gasteiger partial charge in [0.2, 0.25) is 0 Å². The Morgan fingerprint density at radius 3 is 2.79 bits per heavy atom. The maximum Gasteiger partial charge on any atom is 0.143 e. The average molecular weight is 326 g/mol. The average Bonchev–Trinajstić information content (AvgIpc) is 2.41. The first-order valence-corrected chi connectivity index (χ1v) is 6.53. The quantitative estimate of drug-likeness (QED) is 0.937. The van der Waals surface area contributed by atoms with Gasteiger partial charge in [-0.3, -0.25) is 4.98 Å². The minimum atomic E-state index is -0.309. The van der Waals surface area contributed by atoms with Crippen LogP contribution in [0.25, 0.3) is 0 Å². The normalized spacial score (nSPS) is 10.5. The molecule has 0 unspecified atom stereocenters. The predicted octanol–water partition coefficient (Wildman–Crippen LogP) is 3.36. The third kappa shape index (κ3) is 3.52. The highest BCUT2D eigenvalue weighted by Crippen LogP contribution is 2.21. The van der Waals surface area contributed by atoms with Gasteiger partial charge in [0.1, 0.15) is 23.9 Å². The summed E-state index contributed by atoms with van der Waals surface area (Å²) < 4.78 is 19.1. The molecule has 0 aliphatic heterocycles. The van der Waals surface area contributed by atoms with Crippen LogP contribution in [-0.2, 0) is 13.2 Å². The Kier molecular flexibility index (Phi) is 4.50. The standard InChI is InChI=1S/C14H13BrFNO2/c1-9-2-5-14(13(7-18)17-9)19-8-10-3-4-12(16)11(15)6-10/h2-6,18H,7-8H2,1H3. The molecule has 0 amide bonds. The zero-order valence-corrected chi connectivity index (χ0v) is 11.9. The molecule has 2 rings (SSSR count). The van der Waals surface area contributed by atoms with Crippen LogP contribution in [0.5, 0.6) is 5.75 Å². The molecule has 0 spiro atoms. The van der Waals surface area contributed by atoms with Gasteiger partial charge in [0.25, 0.3) is 0 Å². The second-order valence-corrected chi connectivity index (χ2v) is 4.95. The highest BCUT2D eigenvalue weighted by atomic mass is 79.9. The van der Waals surface area contributed by atoms with Gasteiger partial charge in [0.15, 0.2) is 0 Å². The molecule has 0 radical (unpaired) electrons. The van der Waals surface area contributed by atoms with Gasteiger partial charge in [-0.15, -0.1) is 0 Å². The van der Waals surface area contributed by atoms with E-state index in [0.29, 0.717) is 15.9 Å². The number of hydrogen-bond acceptors (Lipinski definition) is 3. The third-order valence-electron chi connectivity index (χ3n) is 2.60. The number of aliphatic hydroxyl groups excluding tert-OH is 1. The fourth-order valence-electron chi connectivity index (χ4n) is 1.63. The van der Waals surface area contributed by atoms with Gasteiger partial charge in [-0.2, -0.15) is 0 Å². The molecule has 1 N–H and O–H groups in total. The van der Waals surface area contributed by atoms with Crippen molar-refractivity contribution in [3.8, 4) is 5.75 Å². The molecular formula is C14H13BrFNO2. The number of benzene rings is 1. The maximum absolute atomic E-state index is 13.1. The van der Waals surface area contributed by atoms with E-state index in [9.17, 15) is 9.50 Å². The van der Waals surface area contributed by atoms with Crippen molar-refractivity contribution >= 4 is 15.9 Å². The number of aromatic nitrogens is 1. The SMILES string of the molecule is Cc1ccc(OCc2ccc(F)c(Br)c2)c(CO)n1. The summed E-state index contributed by atoms with van der Waals surface area (Å²) in [5.74, 6) is 0.227. The number of rotatable bonds is 4. The van der Waals surface area contributed by atoms with Gasteiger partial charge >= 0.3 is 0 Å². The Bertz CT molecular complexity index is 590. The summed E-state index contributed by atoms with van der Waals surface area (Å²) in [5, 5.41) is 9.22. The largest absolute Gasteiger partial charge is 0.487 e. The lowest BCUT2D eigenvalue weighted by atomic mass is 10.2. The number of aryl methyl sites for hydroxylation is 1. The highest BCUT2D eigenvalue weighted by Gasteiger charge is 2.06. The molecule has 2 aromatic rings. The Balaban J connectivity index is 2.12. The first-order chi connectivity index (χ1) is 9.10. The molecule has 5 heteroatoms. The van der Waals surface area contributed by atoms with E-state index in [1.54, 1.807) is 18.2 Å². The molecule has 1 aromatic carbocycles. The first kappa shape index (κ1) is 14.0. The van der Waals surface area contributed by atoms with Crippen molar-refractivity contribution in [2.24, 2.45) is 0 Å². The van der Waals surface area contributed by atoms with E-state index in [2.05, 4.69) is 20.9 Å². The van der Waals surface area contributed by atoms with Crippen LogP contribution in [0.3, 0.4) is 0 Å². The molecule has 0 atom stereocenters. The molecule has 1 aromatic heterocycles. The predicted molar refractivity (Wildman–Crippen MR) is 73.3 cm³/mol. The van der Waals surface area contributed by atoms with Crippen LogP contribution in [0.15, 0.2) is 34.8 Å². The minimum Gasteiger partial charge on any atom is -0.487 e. The van der Waals surface area contributed by atoms with E-state index in [0.717, 1.165) is 11.3 Å². The van der Waals surface area contributed by atoms with E-state index in [4.69, 9.17) is 4.74 Å². The third-order valence-corrected chi connectivity index (χ3v) is 3.21.